The maximum atomic E-state index is 4.58. The van der Waals surface area contributed by atoms with Crippen LogP contribution in [0.15, 0.2) is 12.4 Å². The fourth-order valence-corrected chi connectivity index (χ4v) is 2.40. The van der Waals surface area contributed by atoms with Gasteiger partial charge in [0.05, 0.1) is 0 Å². The van der Waals surface area contributed by atoms with Crippen LogP contribution in [0.1, 0.15) is 35.4 Å². The second-order valence-corrected chi connectivity index (χ2v) is 5.76. The van der Waals surface area contributed by atoms with E-state index in [9.17, 15) is 0 Å². The normalized spacial score (nSPS) is 14.4. The van der Waals surface area contributed by atoms with Gasteiger partial charge in [0.15, 0.2) is 11.6 Å². The van der Waals surface area contributed by atoms with Gasteiger partial charge in [-0.1, -0.05) is 0 Å². The molecular weight excluding hydrogens is 262 g/mol. The molecule has 0 aliphatic heterocycles. The van der Waals surface area contributed by atoms with Crippen LogP contribution in [0.4, 0.5) is 0 Å². The molecule has 0 spiro atoms. The zero-order chi connectivity index (χ0) is 14.8. The molecule has 5 heteroatoms. The van der Waals surface area contributed by atoms with Gasteiger partial charge in [0.1, 0.15) is 0 Å². The summed E-state index contributed by atoms with van der Waals surface area (Å²) in [6.07, 6.45) is 7.20. The van der Waals surface area contributed by atoms with Crippen molar-refractivity contribution in [1.82, 2.24) is 25.3 Å². The van der Waals surface area contributed by atoms with Gasteiger partial charge < -0.3 is 5.32 Å². The molecule has 0 atom stereocenters. The lowest BCUT2D eigenvalue weighted by atomic mass is 10.1. The average molecular weight is 283 g/mol. The molecule has 2 aromatic rings. The van der Waals surface area contributed by atoms with Crippen molar-refractivity contribution in [2.75, 3.05) is 6.54 Å². The summed E-state index contributed by atoms with van der Waals surface area (Å²) in [5.41, 5.74) is 4.33. The Hall–Kier alpha value is -1.88. The third-order valence-corrected chi connectivity index (χ3v) is 3.79. The lowest BCUT2D eigenvalue weighted by Gasteiger charge is -2.11. The quantitative estimate of drug-likeness (QED) is 0.911. The van der Waals surface area contributed by atoms with Gasteiger partial charge in [-0.2, -0.15) is 0 Å². The summed E-state index contributed by atoms with van der Waals surface area (Å²) >= 11 is 0. The predicted octanol–water partition coefficient (Wildman–Crippen LogP) is 2.15. The maximum Gasteiger partial charge on any atom is 0.198 e. The Morgan fingerprint density at radius 1 is 1.00 bits per heavy atom. The lowest BCUT2D eigenvalue weighted by molar-refractivity contribution is 0.675. The third kappa shape index (κ3) is 3.42. The van der Waals surface area contributed by atoms with Gasteiger partial charge >= 0.3 is 0 Å². The third-order valence-electron chi connectivity index (χ3n) is 3.79. The van der Waals surface area contributed by atoms with Crippen LogP contribution in [0.2, 0.25) is 0 Å². The van der Waals surface area contributed by atoms with Crippen LogP contribution in [0, 0.1) is 20.8 Å². The van der Waals surface area contributed by atoms with Crippen LogP contribution in [-0.2, 0) is 6.42 Å². The van der Waals surface area contributed by atoms with Crippen molar-refractivity contribution >= 4 is 0 Å². The molecule has 1 fully saturated rings. The number of hydrogen-bond donors (Lipinski definition) is 1. The first-order chi connectivity index (χ1) is 10.1. The Morgan fingerprint density at radius 3 is 2.19 bits per heavy atom. The standard InChI is InChI=1S/C16H21N5/c1-10-8-18-15(19-9-10)16-20-11(2)14(12(3)21-16)6-7-17-13-4-5-13/h8-9,13,17H,4-7H2,1-3H3. The van der Waals surface area contributed by atoms with Crippen molar-refractivity contribution in [3.63, 3.8) is 0 Å². The Labute approximate surface area is 125 Å². The second-order valence-electron chi connectivity index (χ2n) is 5.76. The molecule has 0 unspecified atom stereocenters. The number of nitrogens with one attached hydrogen (secondary N) is 1. The van der Waals surface area contributed by atoms with E-state index in [-0.39, 0.29) is 0 Å². The maximum absolute atomic E-state index is 4.58. The van der Waals surface area contributed by atoms with Gasteiger partial charge in [-0.25, -0.2) is 19.9 Å². The Balaban J connectivity index is 1.79. The summed E-state index contributed by atoms with van der Waals surface area (Å²) in [7, 11) is 0. The summed E-state index contributed by atoms with van der Waals surface area (Å²) in [5, 5.41) is 3.53. The Bertz CT molecular complexity index is 609. The fraction of sp³-hybridized carbons (Fsp3) is 0.500. The zero-order valence-electron chi connectivity index (χ0n) is 12.8. The zero-order valence-corrected chi connectivity index (χ0v) is 12.8. The van der Waals surface area contributed by atoms with Crippen LogP contribution in [0.5, 0.6) is 0 Å². The highest BCUT2D eigenvalue weighted by atomic mass is 15.0. The first-order valence-electron chi connectivity index (χ1n) is 7.50. The van der Waals surface area contributed by atoms with E-state index in [0.29, 0.717) is 11.6 Å². The van der Waals surface area contributed by atoms with Crippen LogP contribution in [0.3, 0.4) is 0 Å². The van der Waals surface area contributed by atoms with Gasteiger partial charge in [0.25, 0.3) is 0 Å². The van der Waals surface area contributed by atoms with Crippen molar-refractivity contribution in [1.29, 1.82) is 0 Å². The van der Waals surface area contributed by atoms with E-state index in [1.54, 1.807) is 12.4 Å². The van der Waals surface area contributed by atoms with E-state index >= 15 is 0 Å². The molecule has 1 N–H and O–H groups in total. The topological polar surface area (TPSA) is 63.6 Å². The highest BCUT2D eigenvalue weighted by Crippen LogP contribution is 2.19. The SMILES string of the molecule is Cc1cnc(-c2nc(C)c(CCNC3CC3)c(C)n2)nc1. The molecule has 1 aliphatic carbocycles. The molecule has 2 aromatic heterocycles. The molecule has 0 radical (unpaired) electrons. The van der Waals surface area contributed by atoms with E-state index in [2.05, 4.69) is 25.3 Å². The molecule has 2 heterocycles. The summed E-state index contributed by atoms with van der Waals surface area (Å²) in [6.45, 7) is 7.05. The van der Waals surface area contributed by atoms with Crippen LogP contribution < -0.4 is 5.32 Å². The molecule has 0 amide bonds. The van der Waals surface area contributed by atoms with E-state index in [1.807, 2.05) is 20.8 Å². The molecule has 1 saturated carbocycles. The number of hydrogen-bond acceptors (Lipinski definition) is 5. The van der Waals surface area contributed by atoms with Crippen LogP contribution >= 0.6 is 0 Å². The smallest absolute Gasteiger partial charge is 0.198 e. The van der Waals surface area contributed by atoms with Gasteiger partial charge in [-0.3, -0.25) is 0 Å². The largest absolute Gasteiger partial charge is 0.314 e. The minimum absolute atomic E-state index is 0.592. The molecule has 110 valence electrons. The number of aromatic nitrogens is 4. The summed E-state index contributed by atoms with van der Waals surface area (Å²) < 4.78 is 0. The van der Waals surface area contributed by atoms with E-state index in [4.69, 9.17) is 0 Å². The molecule has 0 saturated heterocycles. The first-order valence-corrected chi connectivity index (χ1v) is 7.50. The highest BCUT2D eigenvalue weighted by Gasteiger charge is 2.20. The first kappa shape index (κ1) is 14.1. The van der Waals surface area contributed by atoms with E-state index < -0.39 is 0 Å². The van der Waals surface area contributed by atoms with Crippen molar-refractivity contribution in [3.05, 3.63) is 34.9 Å². The molecule has 1 aliphatic rings. The predicted molar refractivity (Wildman–Crippen MR) is 82.0 cm³/mol. The van der Waals surface area contributed by atoms with Gasteiger partial charge in [-0.15, -0.1) is 0 Å². The lowest BCUT2D eigenvalue weighted by Crippen LogP contribution is -2.20. The van der Waals surface area contributed by atoms with Crippen molar-refractivity contribution in [2.24, 2.45) is 0 Å². The average Bonchev–Trinajstić information content (AvgIpc) is 3.26. The van der Waals surface area contributed by atoms with E-state index in [0.717, 1.165) is 36.0 Å². The number of nitrogens with zero attached hydrogens (tertiary/aromatic N) is 4. The van der Waals surface area contributed by atoms with Gasteiger partial charge in [0, 0.05) is 29.8 Å². The minimum Gasteiger partial charge on any atom is -0.314 e. The number of aryl methyl sites for hydroxylation is 3. The van der Waals surface area contributed by atoms with E-state index in [1.165, 1.54) is 18.4 Å². The van der Waals surface area contributed by atoms with Crippen molar-refractivity contribution in [2.45, 2.75) is 46.1 Å². The summed E-state index contributed by atoms with van der Waals surface area (Å²) in [5.74, 6) is 1.21. The van der Waals surface area contributed by atoms with Crippen LogP contribution in [0.25, 0.3) is 11.6 Å². The second kappa shape index (κ2) is 5.85. The van der Waals surface area contributed by atoms with Gasteiger partial charge in [0.2, 0.25) is 0 Å². The summed E-state index contributed by atoms with van der Waals surface area (Å²) in [4.78, 5) is 17.8. The van der Waals surface area contributed by atoms with Crippen molar-refractivity contribution < 1.29 is 0 Å². The van der Waals surface area contributed by atoms with Crippen molar-refractivity contribution in [3.8, 4) is 11.6 Å². The fourth-order valence-electron chi connectivity index (χ4n) is 2.40. The van der Waals surface area contributed by atoms with Crippen LogP contribution in [-0.4, -0.2) is 32.5 Å². The Morgan fingerprint density at radius 2 is 1.62 bits per heavy atom. The monoisotopic (exact) mass is 283 g/mol. The molecule has 0 bridgehead atoms. The molecule has 21 heavy (non-hydrogen) atoms. The molecule has 0 aromatic carbocycles. The van der Waals surface area contributed by atoms with Gasteiger partial charge in [-0.05, 0) is 57.7 Å². The minimum atomic E-state index is 0.592. The number of rotatable bonds is 5. The molecular formula is C16H21N5. The summed E-state index contributed by atoms with van der Waals surface area (Å²) in [6, 6.07) is 0.742. The molecule has 3 rings (SSSR count). The Kier molecular flexibility index (Phi) is 3.92. The molecule has 5 nitrogen and oxygen atoms in total. The highest BCUT2D eigenvalue weighted by molar-refractivity contribution is 5.45.